The van der Waals surface area contributed by atoms with E-state index in [0.29, 0.717) is 12.3 Å². The smallest absolute Gasteiger partial charge is 0.415 e. The van der Waals surface area contributed by atoms with Crippen LogP contribution in [0.15, 0.2) is 23.1 Å². The van der Waals surface area contributed by atoms with Crippen LogP contribution in [-0.2, 0) is 14.3 Å². The first kappa shape index (κ1) is 16.6. The van der Waals surface area contributed by atoms with Gasteiger partial charge in [-0.2, -0.15) is 0 Å². The summed E-state index contributed by atoms with van der Waals surface area (Å²) in [5.74, 6) is 0.508. The Bertz CT molecular complexity index is 571. The van der Waals surface area contributed by atoms with Gasteiger partial charge in [-0.05, 0) is 38.5 Å². The molecule has 0 saturated carbocycles. The van der Waals surface area contributed by atoms with Gasteiger partial charge < -0.3 is 15.2 Å². The van der Waals surface area contributed by atoms with Gasteiger partial charge in [-0.15, -0.1) is 11.8 Å². The fourth-order valence-corrected chi connectivity index (χ4v) is 3.07. The molecule has 0 fully saturated rings. The molecular weight excluding hydrogens is 304 g/mol. The van der Waals surface area contributed by atoms with E-state index < -0.39 is 5.60 Å². The van der Waals surface area contributed by atoms with Crippen LogP contribution in [0.5, 0.6) is 0 Å². The van der Waals surface area contributed by atoms with Crippen LogP contribution < -0.4 is 10.6 Å². The molecule has 0 aliphatic carbocycles. The summed E-state index contributed by atoms with van der Waals surface area (Å²) in [7, 11) is 0. The molecule has 0 bridgehead atoms. The molecular formula is C15H20N2O4S. The van der Waals surface area contributed by atoms with Crippen molar-refractivity contribution in [2.24, 2.45) is 5.73 Å². The van der Waals surface area contributed by atoms with E-state index in [1.54, 1.807) is 16.7 Å². The molecule has 7 heteroatoms. The van der Waals surface area contributed by atoms with E-state index in [1.165, 1.54) is 0 Å². The van der Waals surface area contributed by atoms with Crippen molar-refractivity contribution in [3.8, 4) is 0 Å². The van der Waals surface area contributed by atoms with E-state index >= 15 is 0 Å². The van der Waals surface area contributed by atoms with Crippen LogP contribution in [0.3, 0.4) is 0 Å². The van der Waals surface area contributed by atoms with Crippen molar-refractivity contribution in [2.45, 2.75) is 37.3 Å². The molecule has 1 aliphatic heterocycles. The highest BCUT2D eigenvalue weighted by Gasteiger charge is 2.29. The normalized spacial score (nSPS) is 15.2. The second kappa shape index (κ2) is 6.58. The highest BCUT2D eigenvalue weighted by molar-refractivity contribution is 8.00. The van der Waals surface area contributed by atoms with Gasteiger partial charge in [0, 0.05) is 4.90 Å². The molecule has 2 rings (SSSR count). The third-order valence-corrected chi connectivity index (χ3v) is 4.03. The molecule has 0 aromatic heterocycles. The van der Waals surface area contributed by atoms with Crippen LogP contribution in [0.2, 0.25) is 0 Å². The third-order valence-electron chi connectivity index (χ3n) is 3.01. The van der Waals surface area contributed by atoms with Gasteiger partial charge in [0.05, 0.1) is 17.6 Å². The molecule has 1 heterocycles. The van der Waals surface area contributed by atoms with Crippen molar-refractivity contribution in [1.82, 2.24) is 0 Å². The summed E-state index contributed by atoms with van der Waals surface area (Å²) in [6.07, 6.45) is -0.361. The Labute approximate surface area is 133 Å². The van der Waals surface area contributed by atoms with Gasteiger partial charge >= 0.3 is 6.09 Å². The summed E-state index contributed by atoms with van der Waals surface area (Å²) in [5.41, 5.74) is 7.10. The number of carbonyl (C=O) groups excluding carboxylic acids is 2. The lowest BCUT2D eigenvalue weighted by atomic mass is 10.1. The zero-order valence-corrected chi connectivity index (χ0v) is 13.7. The number of rotatable bonds is 4. The number of carbonyl (C=O) groups is 2. The Balaban J connectivity index is 2.13. The first-order chi connectivity index (χ1) is 10.3. The van der Waals surface area contributed by atoms with Gasteiger partial charge in [-0.25, -0.2) is 4.79 Å². The predicted octanol–water partition coefficient (Wildman–Crippen LogP) is 2.66. The zero-order chi connectivity index (χ0) is 16.3. The van der Waals surface area contributed by atoms with Crippen molar-refractivity contribution in [3.63, 3.8) is 0 Å². The quantitative estimate of drug-likeness (QED) is 0.858. The minimum atomic E-state index is -0.529. The van der Waals surface area contributed by atoms with E-state index in [2.05, 4.69) is 4.74 Å². The maximum absolute atomic E-state index is 12.2. The maximum Gasteiger partial charge on any atom is 0.415 e. The molecule has 1 aromatic rings. The summed E-state index contributed by atoms with van der Waals surface area (Å²) < 4.78 is 10.1. The highest BCUT2D eigenvalue weighted by Crippen LogP contribution is 2.40. The molecule has 0 saturated heterocycles. The van der Waals surface area contributed by atoms with Crippen LogP contribution in [0, 0.1) is 0 Å². The molecule has 2 N–H and O–H groups in total. The standard InChI is InChI=1S/C15H20N2O4S/c1-15(2,3)21-14(19)17-8-22-13-6-10(4-5-12(13)17)11(16)7-20-9-18/h4-6,9,11H,7-8,16H2,1-3H3. The largest absolute Gasteiger partial charge is 0.466 e. The van der Waals surface area contributed by atoms with Crippen LogP contribution in [-0.4, -0.2) is 30.7 Å². The van der Waals surface area contributed by atoms with Crippen LogP contribution in [0.4, 0.5) is 10.5 Å². The van der Waals surface area contributed by atoms with Gasteiger partial charge in [0.15, 0.2) is 0 Å². The molecule has 0 spiro atoms. The summed E-state index contributed by atoms with van der Waals surface area (Å²) in [5, 5.41) is 0. The Hall–Kier alpha value is -1.73. The fraction of sp³-hybridized carbons (Fsp3) is 0.467. The topological polar surface area (TPSA) is 81.9 Å². The van der Waals surface area contributed by atoms with Gasteiger partial charge in [-0.1, -0.05) is 6.07 Å². The molecule has 1 unspecified atom stereocenters. The first-order valence-corrected chi connectivity index (χ1v) is 7.88. The highest BCUT2D eigenvalue weighted by atomic mass is 32.2. The van der Waals surface area contributed by atoms with Crippen LogP contribution in [0.1, 0.15) is 32.4 Å². The van der Waals surface area contributed by atoms with Gasteiger partial charge in [-0.3, -0.25) is 9.69 Å². The lowest BCUT2D eigenvalue weighted by Gasteiger charge is -2.24. The average molecular weight is 324 g/mol. The van der Waals surface area contributed by atoms with E-state index in [0.717, 1.165) is 16.1 Å². The van der Waals surface area contributed by atoms with Crippen molar-refractivity contribution in [1.29, 1.82) is 0 Å². The van der Waals surface area contributed by atoms with E-state index in [9.17, 15) is 9.59 Å². The Morgan fingerprint density at radius 1 is 1.50 bits per heavy atom. The van der Waals surface area contributed by atoms with Crippen molar-refractivity contribution in [3.05, 3.63) is 23.8 Å². The molecule has 6 nitrogen and oxygen atoms in total. The summed E-state index contributed by atoms with van der Waals surface area (Å²) in [6.45, 7) is 6.02. The van der Waals surface area contributed by atoms with Crippen molar-refractivity contribution >= 4 is 30.0 Å². The molecule has 0 radical (unpaired) electrons. The van der Waals surface area contributed by atoms with E-state index in [-0.39, 0.29) is 18.7 Å². The number of ether oxygens (including phenoxy) is 2. The summed E-state index contributed by atoms with van der Waals surface area (Å²) in [4.78, 5) is 25.0. The number of benzene rings is 1. The SMILES string of the molecule is CC(C)(C)OC(=O)N1CSc2cc(C(N)COC=O)ccc21. The predicted molar refractivity (Wildman–Crippen MR) is 84.8 cm³/mol. The number of nitrogens with zero attached hydrogens (tertiary/aromatic N) is 1. The monoisotopic (exact) mass is 324 g/mol. The van der Waals surface area contributed by atoms with Crippen LogP contribution >= 0.6 is 11.8 Å². The first-order valence-electron chi connectivity index (χ1n) is 6.90. The van der Waals surface area contributed by atoms with E-state index in [1.807, 2.05) is 39.0 Å². The van der Waals surface area contributed by atoms with Crippen molar-refractivity contribution < 1.29 is 19.1 Å². The van der Waals surface area contributed by atoms with Crippen LogP contribution in [0.25, 0.3) is 0 Å². The second-order valence-corrected chi connectivity index (χ2v) is 6.93. The van der Waals surface area contributed by atoms with Crippen molar-refractivity contribution in [2.75, 3.05) is 17.4 Å². The fourth-order valence-electron chi connectivity index (χ4n) is 2.01. The summed E-state index contributed by atoms with van der Waals surface area (Å²) >= 11 is 1.54. The Kier molecular flexibility index (Phi) is 4.97. The Morgan fingerprint density at radius 3 is 2.86 bits per heavy atom. The number of nitrogens with two attached hydrogens (primary N) is 1. The zero-order valence-electron chi connectivity index (χ0n) is 12.9. The molecule has 1 amide bonds. The molecule has 22 heavy (non-hydrogen) atoms. The van der Waals surface area contributed by atoms with E-state index in [4.69, 9.17) is 10.5 Å². The number of fused-ring (bicyclic) bond motifs is 1. The molecule has 1 atom stereocenters. The van der Waals surface area contributed by atoms with Gasteiger partial charge in [0.1, 0.15) is 12.2 Å². The third kappa shape index (κ3) is 3.92. The number of amides is 1. The average Bonchev–Trinajstić information content (AvgIpc) is 2.85. The number of thioether (sulfide) groups is 1. The lowest BCUT2D eigenvalue weighted by Crippen LogP contribution is -2.35. The summed E-state index contributed by atoms with van der Waals surface area (Å²) in [6, 6.07) is 5.21. The van der Waals surface area contributed by atoms with Gasteiger partial charge in [0.2, 0.25) is 0 Å². The number of anilines is 1. The molecule has 1 aliphatic rings. The Morgan fingerprint density at radius 2 is 2.23 bits per heavy atom. The second-order valence-electron chi connectivity index (χ2n) is 5.95. The van der Waals surface area contributed by atoms with Gasteiger partial charge in [0.25, 0.3) is 6.47 Å². The minimum Gasteiger partial charge on any atom is -0.466 e. The molecule has 120 valence electrons. The minimum absolute atomic E-state index is 0.128. The lowest BCUT2D eigenvalue weighted by molar-refractivity contribution is -0.129. The maximum atomic E-state index is 12.2. The number of hydrogen-bond donors (Lipinski definition) is 1. The molecule has 1 aromatic carbocycles. The number of hydrogen-bond acceptors (Lipinski definition) is 6.